The van der Waals surface area contributed by atoms with Crippen molar-refractivity contribution in [2.24, 2.45) is 7.05 Å². The Morgan fingerprint density at radius 3 is 2.83 bits per heavy atom. The molecule has 1 saturated heterocycles. The second-order valence-corrected chi connectivity index (χ2v) is 6.95. The van der Waals surface area contributed by atoms with Crippen LogP contribution in [0.4, 0.5) is 0 Å². The summed E-state index contributed by atoms with van der Waals surface area (Å²) < 4.78 is 6.97. The molecule has 24 heavy (non-hydrogen) atoms. The molecule has 2 aromatic rings. The van der Waals surface area contributed by atoms with Gasteiger partial charge in [0.2, 0.25) is 0 Å². The summed E-state index contributed by atoms with van der Waals surface area (Å²) in [5, 5.41) is 2.89. The minimum Gasteiger partial charge on any atom is -0.468 e. The van der Waals surface area contributed by atoms with E-state index in [-0.39, 0.29) is 23.1 Å². The van der Waals surface area contributed by atoms with Crippen LogP contribution in [0, 0.1) is 0 Å². The summed E-state index contributed by atoms with van der Waals surface area (Å²) in [5.74, 6) is 2.64. The number of hydrogen-bond donors (Lipinski definition) is 1. The van der Waals surface area contributed by atoms with Gasteiger partial charge in [0.15, 0.2) is 0 Å². The molecule has 0 bridgehead atoms. The monoisotopic (exact) mass is 347 g/mol. The third-order valence-electron chi connectivity index (χ3n) is 4.18. The lowest BCUT2D eigenvalue weighted by atomic mass is 10.1. The lowest BCUT2D eigenvalue weighted by molar-refractivity contribution is 0.0927. The molecule has 1 N–H and O–H groups in total. The van der Waals surface area contributed by atoms with Crippen molar-refractivity contribution in [2.75, 3.05) is 31.1 Å². The predicted octanol–water partition coefficient (Wildman–Crippen LogP) is 1.50. The normalized spacial score (nSPS) is 16.7. The highest BCUT2D eigenvalue weighted by Crippen LogP contribution is 2.24. The van der Waals surface area contributed by atoms with Gasteiger partial charge in [0.1, 0.15) is 11.3 Å². The van der Waals surface area contributed by atoms with Crippen molar-refractivity contribution >= 4 is 17.7 Å². The molecule has 3 rings (SSSR count). The van der Waals surface area contributed by atoms with Crippen molar-refractivity contribution in [1.82, 2.24) is 14.8 Å². The highest BCUT2D eigenvalue weighted by molar-refractivity contribution is 7.99. The first-order valence-electron chi connectivity index (χ1n) is 7.96. The Balaban J connectivity index is 1.72. The molecule has 1 unspecified atom stereocenters. The van der Waals surface area contributed by atoms with E-state index >= 15 is 0 Å². The Hall–Kier alpha value is -1.99. The van der Waals surface area contributed by atoms with E-state index in [1.807, 2.05) is 23.9 Å². The number of thioether (sulfide) groups is 1. The van der Waals surface area contributed by atoms with Crippen LogP contribution in [0.3, 0.4) is 0 Å². The molecule has 128 valence electrons. The number of furan rings is 1. The fourth-order valence-electron chi connectivity index (χ4n) is 2.83. The summed E-state index contributed by atoms with van der Waals surface area (Å²) in [5.41, 5.74) is -0.133. The van der Waals surface area contributed by atoms with E-state index in [4.69, 9.17) is 4.42 Å². The number of rotatable bonds is 5. The predicted molar refractivity (Wildman–Crippen MR) is 94.4 cm³/mol. The molecule has 1 aliphatic rings. The van der Waals surface area contributed by atoms with Crippen molar-refractivity contribution < 1.29 is 9.21 Å². The van der Waals surface area contributed by atoms with Crippen LogP contribution in [0.1, 0.15) is 22.2 Å². The molecule has 3 heterocycles. The Bertz CT molecular complexity index is 736. The van der Waals surface area contributed by atoms with Gasteiger partial charge < -0.3 is 14.3 Å². The van der Waals surface area contributed by atoms with Crippen molar-refractivity contribution in [2.45, 2.75) is 6.04 Å². The SMILES string of the molecule is Cn1cccc(C(=O)NCC(c2ccco2)N2CCSCC2)c1=O. The van der Waals surface area contributed by atoms with Crippen LogP contribution in [0.2, 0.25) is 0 Å². The maximum absolute atomic E-state index is 12.4. The van der Waals surface area contributed by atoms with Crippen LogP contribution in [-0.2, 0) is 7.05 Å². The van der Waals surface area contributed by atoms with Crippen LogP contribution < -0.4 is 10.9 Å². The van der Waals surface area contributed by atoms with Gasteiger partial charge >= 0.3 is 0 Å². The van der Waals surface area contributed by atoms with Gasteiger partial charge in [-0.1, -0.05) is 0 Å². The zero-order valence-electron chi connectivity index (χ0n) is 13.6. The summed E-state index contributed by atoms with van der Waals surface area (Å²) in [6, 6.07) is 7.02. The van der Waals surface area contributed by atoms with E-state index < -0.39 is 0 Å². The van der Waals surface area contributed by atoms with E-state index in [9.17, 15) is 9.59 Å². The number of carbonyl (C=O) groups excluding carboxylic acids is 1. The number of pyridine rings is 1. The summed E-state index contributed by atoms with van der Waals surface area (Å²) >= 11 is 1.93. The fourth-order valence-corrected chi connectivity index (χ4v) is 3.77. The molecule has 1 fully saturated rings. The molecule has 0 aromatic carbocycles. The van der Waals surface area contributed by atoms with Gasteiger partial charge in [0.25, 0.3) is 11.5 Å². The van der Waals surface area contributed by atoms with Gasteiger partial charge in [-0.2, -0.15) is 11.8 Å². The average Bonchev–Trinajstić information content (AvgIpc) is 3.12. The standard InChI is InChI=1S/C17H21N3O3S/c1-19-6-2-4-13(17(19)22)16(21)18-12-14(15-5-3-9-23-15)20-7-10-24-11-8-20/h2-6,9,14H,7-8,10-12H2,1H3,(H,18,21). The molecule has 2 aromatic heterocycles. The summed E-state index contributed by atoms with van der Waals surface area (Å²) in [4.78, 5) is 26.8. The number of amides is 1. The topological polar surface area (TPSA) is 67.5 Å². The molecular weight excluding hydrogens is 326 g/mol. The molecule has 6 nitrogen and oxygen atoms in total. The molecule has 0 aliphatic carbocycles. The first kappa shape index (κ1) is 16.9. The quantitative estimate of drug-likeness (QED) is 0.888. The number of nitrogens with one attached hydrogen (secondary N) is 1. The summed E-state index contributed by atoms with van der Waals surface area (Å²) in [6.07, 6.45) is 3.28. The zero-order valence-corrected chi connectivity index (χ0v) is 14.4. The highest BCUT2D eigenvalue weighted by Gasteiger charge is 2.25. The van der Waals surface area contributed by atoms with Crippen LogP contribution >= 0.6 is 11.8 Å². The van der Waals surface area contributed by atoms with Crippen molar-refractivity contribution in [1.29, 1.82) is 0 Å². The van der Waals surface area contributed by atoms with E-state index in [2.05, 4.69) is 10.2 Å². The summed E-state index contributed by atoms with van der Waals surface area (Å²) in [6.45, 7) is 2.33. The molecule has 0 radical (unpaired) electrons. The van der Waals surface area contributed by atoms with Crippen molar-refractivity contribution in [3.63, 3.8) is 0 Å². The minimum atomic E-state index is -0.348. The number of nitrogens with zero attached hydrogens (tertiary/aromatic N) is 2. The van der Waals surface area contributed by atoms with Crippen LogP contribution in [0.5, 0.6) is 0 Å². The molecule has 0 saturated carbocycles. The lowest BCUT2D eigenvalue weighted by Crippen LogP contribution is -2.42. The third kappa shape index (κ3) is 3.73. The molecule has 1 amide bonds. The highest BCUT2D eigenvalue weighted by atomic mass is 32.2. The van der Waals surface area contributed by atoms with Gasteiger partial charge in [0.05, 0.1) is 12.3 Å². The Labute approximate surface area is 144 Å². The number of aryl methyl sites for hydroxylation is 1. The second-order valence-electron chi connectivity index (χ2n) is 5.73. The Kier molecular flexibility index (Phi) is 5.42. The second kappa shape index (κ2) is 7.72. The summed E-state index contributed by atoms with van der Waals surface area (Å²) in [7, 11) is 1.64. The van der Waals surface area contributed by atoms with Gasteiger partial charge in [0, 0.05) is 44.4 Å². The van der Waals surface area contributed by atoms with E-state index in [0.717, 1.165) is 30.4 Å². The largest absolute Gasteiger partial charge is 0.468 e. The van der Waals surface area contributed by atoms with Crippen LogP contribution in [-0.4, -0.2) is 46.5 Å². The van der Waals surface area contributed by atoms with Crippen LogP contribution in [0.15, 0.2) is 45.9 Å². The molecule has 1 aliphatic heterocycles. The first-order chi connectivity index (χ1) is 11.7. The number of hydrogen-bond acceptors (Lipinski definition) is 5. The lowest BCUT2D eigenvalue weighted by Gasteiger charge is -2.33. The molecule has 1 atom stereocenters. The Morgan fingerprint density at radius 2 is 2.12 bits per heavy atom. The van der Waals surface area contributed by atoms with Crippen molar-refractivity contribution in [3.8, 4) is 0 Å². The number of aromatic nitrogens is 1. The Morgan fingerprint density at radius 1 is 1.33 bits per heavy atom. The first-order valence-corrected chi connectivity index (χ1v) is 9.11. The van der Waals surface area contributed by atoms with Crippen LogP contribution in [0.25, 0.3) is 0 Å². The average molecular weight is 347 g/mol. The fraction of sp³-hybridized carbons (Fsp3) is 0.412. The third-order valence-corrected chi connectivity index (χ3v) is 5.12. The molecule has 0 spiro atoms. The van der Waals surface area contributed by atoms with Gasteiger partial charge in [-0.3, -0.25) is 14.5 Å². The maximum atomic E-state index is 12.4. The maximum Gasteiger partial charge on any atom is 0.263 e. The van der Waals surface area contributed by atoms with Gasteiger partial charge in [-0.25, -0.2) is 0 Å². The smallest absolute Gasteiger partial charge is 0.263 e. The minimum absolute atomic E-state index is 0.0163. The van der Waals surface area contributed by atoms with E-state index in [1.54, 1.807) is 31.6 Å². The molecular formula is C17H21N3O3S. The van der Waals surface area contributed by atoms with E-state index in [0.29, 0.717) is 6.54 Å². The van der Waals surface area contributed by atoms with Gasteiger partial charge in [-0.15, -0.1) is 0 Å². The molecule has 7 heteroatoms. The van der Waals surface area contributed by atoms with E-state index in [1.165, 1.54) is 4.57 Å². The van der Waals surface area contributed by atoms with Crippen molar-refractivity contribution in [3.05, 3.63) is 58.4 Å². The zero-order chi connectivity index (χ0) is 16.9. The van der Waals surface area contributed by atoms with Gasteiger partial charge in [-0.05, 0) is 24.3 Å². The number of carbonyl (C=O) groups is 1.